The molecule has 2 aromatic carbocycles. The Hall–Kier alpha value is -1.85. The Balaban J connectivity index is 1.25. The van der Waals surface area contributed by atoms with Crippen LogP contribution < -0.4 is 4.72 Å². The summed E-state index contributed by atoms with van der Waals surface area (Å²) in [7, 11) is -3.25. The van der Waals surface area contributed by atoms with Crippen molar-refractivity contribution in [2.45, 2.75) is 31.6 Å². The highest BCUT2D eigenvalue weighted by Gasteiger charge is 2.67. The van der Waals surface area contributed by atoms with Crippen LogP contribution in [0.3, 0.4) is 0 Å². The highest BCUT2D eigenvalue weighted by molar-refractivity contribution is 7.92. The fourth-order valence-corrected chi connectivity index (χ4v) is 6.91. The maximum absolute atomic E-state index is 11.6. The van der Waals surface area contributed by atoms with E-state index in [1.165, 1.54) is 44.3 Å². The number of hydrogen-bond acceptors (Lipinski definition) is 3. The van der Waals surface area contributed by atoms with E-state index in [9.17, 15) is 8.42 Å². The van der Waals surface area contributed by atoms with Gasteiger partial charge in [0.05, 0.1) is 6.26 Å². The van der Waals surface area contributed by atoms with Gasteiger partial charge < -0.3 is 4.90 Å². The van der Waals surface area contributed by atoms with Crippen molar-refractivity contribution in [2.24, 2.45) is 17.8 Å². The third kappa shape index (κ3) is 3.38. The van der Waals surface area contributed by atoms with Crippen LogP contribution in [-0.2, 0) is 28.3 Å². The predicted octanol–water partition coefficient (Wildman–Crippen LogP) is 3.68. The molecular formula is C24H30N2O2S. The Bertz CT molecular complexity index is 996. The van der Waals surface area contributed by atoms with Crippen molar-refractivity contribution in [3.63, 3.8) is 0 Å². The fraction of sp³-hybridized carbons (Fsp3) is 0.500. The minimum Gasteiger partial charge on any atom is -0.302 e. The van der Waals surface area contributed by atoms with Crippen molar-refractivity contribution < 1.29 is 8.42 Å². The second kappa shape index (κ2) is 6.85. The molecule has 2 aliphatic carbocycles. The molecule has 2 atom stereocenters. The summed E-state index contributed by atoms with van der Waals surface area (Å²) in [5.41, 5.74) is 5.30. The number of sulfonamides is 1. The first-order valence-corrected chi connectivity index (χ1v) is 12.7. The number of benzene rings is 2. The molecule has 2 fully saturated rings. The molecule has 0 bridgehead atoms. The molecule has 1 saturated carbocycles. The molecule has 5 heteroatoms. The van der Waals surface area contributed by atoms with E-state index in [-0.39, 0.29) is 5.41 Å². The van der Waals surface area contributed by atoms with Gasteiger partial charge in [0.1, 0.15) is 0 Å². The van der Waals surface area contributed by atoms with E-state index in [4.69, 9.17) is 0 Å². The van der Waals surface area contributed by atoms with Crippen molar-refractivity contribution in [3.05, 3.63) is 65.2 Å². The van der Waals surface area contributed by atoms with Crippen LogP contribution in [0.2, 0.25) is 0 Å². The van der Waals surface area contributed by atoms with Gasteiger partial charge in [-0.25, -0.2) is 8.42 Å². The Labute approximate surface area is 174 Å². The largest absolute Gasteiger partial charge is 0.302 e. The first kappa shape index (κ1) is 19.1. The minimum absolute atomic E-state index is 0.227. The summed E-state index contributed by atoms with van der Waals surface area (Å²) in [5.74, 6) is 2.15. The number of fused-ring (bicyclic) bond motifs is 2. The van der Waals surface area contributed by atoms with Crippen molar-refractivity contribution in [2.75, 3.05) is 30.6 Å². The van der Waals surface area contributed by atoms with Crippen molar-refractivity contribution in [1.29, 1.82) is 0 Å². The maximum atomic E-state index is 11.6. The number of rotatable bonds is 6. The maximum Gasteiger partial charge on any atom is 0.229 e. The molecule has 29 heavy (non-hydrogen) atoms. The molecule has 2 unspecified atom stereocenters. The van der Waals surface area contributed by atoms with Gasteiger partial charge in [-0.15, -0.1) is 0 Å². The lowest BCUT2D eigenvalue weighted by Gasteiger charge is -2.28. The molecule has 1 N–H and O–H groups in total. The first-order valence-electron chi connectivity index (χ1n) is 10.8. The zero-order valence-corrected chi connectivity index (χ0v) is 18.1. The Morgan fingerprint density at radius 3 is 2.28 bits per heavy atom. The van der Waals surface area contributed by atoms with Crippen molar-refractivity contribution in [1.82, 2.24) is 4.90 Å². The van der Waals surface area contributed by atoms with E-state index in [1.54, 1.807) is 11.1 Å². The average Bonchev–Trinajstić information content (AvgIpc) is 2.98. The van der Waals surface area contributed by atoms with Crippen molar-refractivity contribution in [3.8, 4) is 0 Å². The Morgan fingerprint density at radius 1 is 1.03 bits per heavy atom. The first-order chi connectivity index (χ1) is 13.9. The topological polar surface area (TPSA) is 49.4 Å². The minimum atomic E-state index is -3.25. The molecule has 5 rings (SSSR count). The molecule has 154 valence electrons. The van der Waals surface area contributed by atoms with E-state index in [0.717, 1.165) is 12.3 Å². The van der Waals surface area contributed by atoms with Crippen LogP contribution in [0.5, 0.6) is 0 Å². The van der Waals surface area contributed by atoms with E-state index in [0.29, 0.717) is 17.5 Å². The lowest BCUT2D eigenvalue weighted by Crippen LogP contribution is -2.34. The van der Waals surface area contributed by atoms with Gasteiger partial charge in [-0.3, -0.25) is 4.72 Å². The number of piperidine rings is 1. The second-order valence-electron chi connectivity index (χ2n) is 9.32. The molecule has 0 amide bonds. The van der Waals surface area contributed by atoms with Crippen LogP contribution in [-0.4, -0.2) is 39.2 Å². The lowest BCUT2D eigenvalue weighted by molar-refractivity contribution is 0.233. The summed E-state index contributed by atoms with van der Waals surface area (Å²) < 4.78 is 25.9. The van der Waals surface area contributed by atoms with E-state index in [1.807, 2.05) is 12.1 Å². The van der Waals surface area contributed by atoms with E-state index in [2.05, 4.69) is 52.9 Å². The Morgan fingerprint density at radius 2 is 1.69 bits per heavy atom. The lowest BCUT2D eigenvalue weighted by atomic mass is 9.87. The summed E-state index contributed by atoms with van der Waals surface area (Å²) in [6, 6.07) is 17.0. The summed E-state index contributed by atoms with van der Waals surface area (Å²) in [5, 5.41) is 0. The van der Waals surface area contributed by atoms with Crippen molar-refractivity contribution >= 4 is 15.7 Å². The molecule has 0 radical (unpaired) electrons. The van der Waals surface area contributed by atoms with Gasteiger partial charge in [-0.05, 0) is 65.8 Å². The summed E-state index contributed by atoms with van der Waals surface area (Å²) in [6.45, 7) is 5.84. The monoisotopic (exact) mass is 410 g/mol. The molecule has 4 nitrogen and oxygen atoms in total. The number of hydrogen-bond donors (Lipinski definition) is 1. The van der Waals surface area contributed by atoms with Gasteiger partial charge in [-0.2, -0.15) is 0 Å². The summed E-state index contributed by atoms with van der Waals surface area (Å²) in [4.78, 5) is 2.68. The third-order valence-corrected chi connectivity index (χ3v) is 8.16. The predicted molar refractivity (Wildman–Crippen MR) is 118 cm³/mol. The number of anilines is 1. The van der Waals surface area contributed by atoms with Crippen LogP contribution in [0.4, 0.5) is 5.69 Å². The molecule has 1 saturated heterocycles. The zero-order chi connectivity index (χ0) is 20.2. The molecule has 1 heterocycles. The van der Waals surface area contributed by atoms with Gasteiger partial charge in [0.25, 0.3) is 0 Å². The fourth-order valence-electron chi connectivity index (χ4n) is 6.35. The smallest absolute Gasteiger partial charge is 0.229 e. The summed E-state index contributed by atoms with van der Waals surface area (Å²) >= 11 is 0. The molecule has 3 aliphatic rings. The highest BCUT2D eigenvalue weighted by atomic mass is 32.2. The van der Waals surface area contributed by atoms with Gasteiger partial charge >= 0.3 is 0 Å². The SMILES string of the molecule is CCC1(c2cccc(NS(C)(=O)=O)c2)C2CN(CC3Cc4ccccc4C3)CC21. The van der Waals surface area contributed by atoms with Crippen LogP contribution in [0.15, 0.2) is 48.5 Å². The molecular weight excluding hydrogens is 380 g/mol. The van der Waals surface area contributed by atoms with Gasteiger partial charge in [0, 0.05) is 30.7 Å². The Kier molecular flexibility index (Phi) is 4.52. The summed E-state index contributed by atoms with van der Waals surface area (Å²) in [6.07, 6.45) is 4.77. The van der Waals surface area contributed by atoms with Gasteiger partial charge in [-0.1, -0.05) is 43.3 Å². The van der Waals surface area contributed by atoms with E-state index >= 15 is 0 Å². The average molecular weight is 411 g/mol. The number of nitrogens with zero attached hydrogens (tertiary/aromatic N) is 1. The molecule has 0 aromatic heterocycles. The highest BCUT2D eigenvalue weighted by Crippen LogP contribution is 2.65. The van der Waals surface area contributed by atoms with Crippen LogP contribution >= 0.6 is 0 Å². The zero-order valence-electron chi connectivity index (χ0n) is 17.3. The molecule has 1 aliphatic heterocycles. The quantitative estimate of drug-likeness (QED) is 0.790. The molecule has 0 spiro atoms. The second-order valence-corrected chi connectivity index (χ2v) is 11.1. The van der Waals surface area contributed by atoms with Crippen LogP contribution in [0.1, 0.15) is 30.0 Å². The normalized spacial score (nSPS) is 28.9. The standard InChI is InChI=1S/C24H30N2O2S/c1-3-24(20-9-6-10-21(13-20)25-29(2,27)28)22-15-26(16-23(22)24)14-17-11-18-7-4-5-8-19(18)12-17/h4-10,13,17,22-23,25H,3,11-12,14-16H2,1-2H3. The van der Waals surface area contributed by atoms with Crippen LogP contribution in [0, 0.1) is 17.8 Å². The van der Waals surface area contributed by atoms with Gasteiger partial charge in [0.15, 0.2) is 0 Å². The van der Waals surface area contributed by atoms with Crippen LogP contribution in [0.25, 0.3) is 0 Å². The van der Waals surface area contributed by atoms with E-state index < -0.39 is 10.0 Å². The third-order valence-electron chi connectivity index (χ3n) is 7.55. The van der Waals surface area contributed by atoms with Gasteiger partial charge in [0.2, 0.25) is 10.0 Å². The number of nitrogens with one attached hydrogen (secondary N) is 1. The molecule has 2 aromatic rings. The number of likely N-dealkylation sites (tertiary alicyclic amines) is 1.